The molecule has 0 heterocycles. The van der Waals surface area contributed by atoms with Crippen molar-refractivity contribution in [1.82, 2.24) is 0 Å². The van der Waals surface area contributed by atoms with Crippen LogP contribution >= 0.6 is 12.6 Å². The lowest BCUT2D eigenvalue weighted by atomic mass is 10.3. The molecule has 0 aliphatic heterocycles. The monoisotopic (exact) mass is 202 g/mol. The molecule has 13 heavy (non-hydrogen) atoms. The van der Waals surface area contributed by atoms with Gasteiger partial charge in [0.15, 0.2) is 5.12 Å². The Kier molecular flexibility index (Phi) is 31.9. The first-order valence-corrected chi connectivity index (χ1v) is 5.39. The van der Waals surface area contributed by atoms with E-state index in [1.54, 1.807) is 0 Å². The number of hydrogen-bond donors (Lipinski definition) is 1. The predicted octanol–water partition coefficient (Wildman–Crippen LogP) is 3.69. The minimum Gasteiger partial charge on any atom is -0.287 e. The number of rotatable bonds is 2. The van der Waals surface area contributed by atoms with Crippen LogP contribution in [-0.2, 0) is 4.79 Å². The van der Waals surface area contributed by atoms with Crippen LogP contribution in [0.4, 0.5) is 0 Å². The van der Waals surface area contributed by atoms with Crippen molar-refractivity contribution in [2.75, 3.05) is 0 Å². The molecule has 0 fully saturated rings. The highest BCUT2D eigenvalue weighted by molar-refractivity contribution is 7.96. The van der Waals surface area contributed by atoms with Crippen LogP contribution in [0.3, 0.4) is 0 Å². The molecule has 78 valence electrons. The Morgan fingerprint density at radius 1 is 1.15 bits per heavy atom. The number of hydrogen-bond acceptors (Lipinski definition) is 1. The van der Waals surface area contributed by atoms with Gasteiger partial charge in [-0.25, -0.2) is 0 Å². The molecule has 0 amide bonds. The van der Waals surface area contributed by atoms with Gasteiger partial charge in [-0.3, -0.25) is 4.79 Å². The van der Waals surface area contributed by atoms with E-state index in [4.69, 9.17) is 0 Å². The van der Waals surface area contributed by atoms with Crippen molar-refractivity contribution in [1.29, 1.82) is 0 Å². The SMILES string of the molecule is CC.CC.CCC#CCCC(=O)S. The Hall–Kier alpha value is -0.420. The Balaban J connectivity index is -0.000000218. The molecule has 0 rings (SSSR count). The summed E-state index contributed by atoms with van der Waals surface area (Å²) in [5.41, 5.74) is 0. The van der Waals surface area contributed by atoms with Gasteiger partial charge < -0.3 is 0 Å². The quantitative estimate of drug-likeness (QED) is 0.534. The van der Waals surface area contributed by atoms with Crippen LogP contribution in [0.1, 0.15) is 53.9 Å². The predicted molar refractivity (Wildman–Crippen MR) is 64.0 cm³/mol. The summed E-state index contributed by atoms with van der Waals surface area (Å²) in [6, 6.07) is 0. The van der Waals surface area contributed by atoms with Crippen molar-refractivity contribution in [3.8, 4) is 11.8 Å². The third kappa shape index (κ3) is 34.1. The lowest BCUT2D eigenvalue weighted by molar-refractivity contribution is -0.110. The molecular weight excluding hydrogens is 180 g/mol. The van der Waals surface area contributed by atoms with Crippen LogP contribution in [0.5, 0.6) is 0 Å². The second-order valence-corrected chi connectivity index (χ2v) is 2.10. The normalized spacial score (nSPS) is 6.31. The topological polar surface area (TPSA) is 17.1 Å². The zero-order valence-electron chi connectivity index (χ0n) is 9.48. The van der Waals surface area contributed by atoms with E-state index in [1.807, 2.05) is 34.6 Å². The molecule has 0 aromatic heterocycles. The van der Waals surface area contributed by atoms with Crippen molar-refractivity contribution < 1.29 is 4.79 Å². The van der Waals surface area contributed by atoms with Crippen molar-refractivity contribution >= 4 is 17.7 Å². The van der Waals surface area contributed by atoms with Gasteiger partial charge in [0.1, 0.15) is 0 Å². The van der Waals surface area contributed by atoms with Gasteiger partial charge in [0, 0.05) is 19.3 Å². The Labute approximate surface area is 88.7 Å². The highest BCUT2D eigenvalue weighted by Crippen LogP contribution is 1.91. The fourth-order valence-electron chi connectivity index (χ4n) is 0.383. The average Bonchev–Trinajstić information content (AvgIpc) is 2.19. The van der Waals surface area contributed by atoms with Crippen LogP contribution < -0.4 is 0 Å². The summed E-state index contributed by atoms with van der Waals surface area (Å²) in [6.07, 6.45) is 1.98. The van der Waals surface area contributed by atoms with E-state index in [-0.39, 0.29) is 5.12 Å². The molecule has 0 radical (unpaired) electrons. The second-order valence-electron chi connectivity index (χ2n) is 1.60. The van der Waals surface area contributed by atoms with Crippen LogP contribution in [0.15, 0.2) is 0 Å². The minimum absolute atomic E-state index is 0.0830. The Morgan fingerprint density at radius 2 is 1.62 bits per heavy atom. The maximum atomic E-state index is 10.2. The summed E-state index contributed by atoms with van der Waals surface area (Å²) in [5.74, 6) is 5.71. The highest BCUT2D eigenvalue weighted by atomic mass is 32.1. The summed E-state index contributed by atoms with van der Waals surface area (Å²) < 4.78 is 0. The third-order valence-corrected chi connectivity index (χ3v) is 0.989. The van der Waals surface area contributed by atoms with Crippen molar-refractivity contribution in [2.24, 2.45) is 0 Å². The maximum absolute atomic E-state index is 10.2. The van der Waals surface area contributed by atoms with Crippen molar-refractivity contribution in [2.45, 2.75) is 53.9 Å². The van der Waals surface area contributed by atoms with E-state index < -0.39 is 0 Å². The van der Waals surface area contributed by atoms with Crippen molar-refractivity contribution in [3.05, 3.63) is 0 Å². The minimum atomic E-state index is -0.0830. The molecule has 0 spiro atoms. The highest BCUT2D eigenvalue weighted by Gasteiger charge is 1.87. The Morgan fingerprint density at radius 3 is 1.92 bits per heavy atom. The molecule has 0 unspecified atom stereocenters. The molecule has 0 bridgehead atoms. The largest absolute Gasteiger partial charge is 0.287 e. The summed E-state index contributed by atoms with van der Waals surface area (Å²) in [4.78, 5) is 10.2. The van der Waals surface area contributed by atoms with E-state index in [2.05, 4.69) is 24.5 Å². The molecule has 0 saturated carbocycles. The van der Waals surface area contributed by atoms with Gasteiger partial charge in [-0.15, -0.1) is 24.5 Å². The maximum Gasteiger partial charge on any atom is 0.186 e. The smallest absolute Gasteiger partial charge is 0.186 e. The van der Waals surface area contributed by atoms with Crippen LogP contribution in [0.25, 0.3) is 0 Å². The number of thiol groups is 1. The van der Waals surface area contributed by atoms with Crippen LogP contribution in [0.2, 0.25) is 0 Å². The van der Waals surface area contributed by atoms with Crippen LogP contribution in [0, 0.1) is 11.8 Å². The molecule has 0 atom stereocenters. The van der Waals surface area contributed by atoms with Crippen molar-refractivity contribution in [3.63, 3.8) is 0 Å². The molecule has 1 nitrogen and oxygen atoms in total. The molecule has 2 heteroatoms. The summed E-state index contributed by atoms with van der Waals surface area (Å²) in [5, 5.41) is -0.0830. The fraction of sp³-hybridized carbons (Fsp3) is 0.727. The van der Waals surface area contributed by atoms with E-state index in [9.17, 15) is 4.79 Å². The summed E-state index contributed by atoms with van der Waals surface area (Å²) in [6.45, 7) is 9.98. The van der Waals surface area contributed by atoms with Gasteiger partial charge in [0.05, 0.1) is 0 Å². The van der Waals surface area contributed by atoms with Gasteiger partial charge in [0.25, 0.3) is 0 Å². The van der Waals surface area contributed by atoms with E-state index >= 15 is 0 Å². The van der Waals surface area contributed by atoms with E-state index in [1.165, 1.54) is 0 Å². The molecule has 0 saturated heterocycles. The van der Waals surface area contributed by atoms with E-state index in [0.29, 0.717) is 12.8 Å². The fourth-order valence-corrected chi connectivity index (χ4v) is 0.495. The standard InChI is InChI=1S/C7H10OS.2C2H6/c1-2-3-4-5-6-7(8)9;2*1-2/h2,5-6H2,1H3,(H,8,9);2*1-2H3. The third-order valence-electron chi connectivity index (χ3n) is 0.766. The first-order valence-electron chi connectivity index (χ1n) is 4.95. The van der Waals surface area contributed by atoms with Crippen LogP contribution in [-0.4, -0.2) is 5.12 Å². The average molecular weight is 202 g/mol. The molecule has 0 aliphatic rings. The summed E-state index contributed by atoms with van der Waals surface area (Å²) >= 11 is 3.59. The van der Waals surface area contributed by atoms with E-state index in [0.717, 1.165) is 6.42 Å². The van der Waals surface area contributed by atoms with Gasteiger partial charge in [-0.05, 0) is 0 Å². The van der Waals surface area contributed by atoms with Gasteiger partial charge >= 0.3 is 0 Å². The van der Waals surface area contributed by atoms with Gasteiger partial charge in [-0.2, -0.15) is 0 Å². The molecule has 0 N–H and O–H groups in total. The van der Waals surface area contributed by atoms with Gasteiger partial charge in [0.2, 0.25) is 0 Å². The first-order chi connectivity index (χ1) is 6.27. The van der Waals surface area contributed by atoms with Gasteiger partial charge in [-0.1, -0.05) is 34.6 Å². The Bertz CT molecular complexity index is 142. The zero-order chi connectivity index (χ0) is 11.1. The molecule has 0 aromatic carbocycles. The molecular formula is C11H22OS. The zero-order valence-corrected chi connectivity index (χ0v) is 10.4. The number of carbonyl (C=O) groups excluding carboxylic acids is 1. The first kappa shape index (κ1) is 18.4. The second kappa shape index (κ2) is 22.6. The molecule has 0 aromatic rings. The number of carbonyl (C=O) groups is 1. The molecule has 0 aliphatic carbocycles. The summed E-state index contributed by atoms with van der Waals surface area (Å²) in [7, 11) is 0. The lowest BCUT2D eigenvalue weighted by Crippen LogP contribution is -1.82. The lowest BCUT2D eigenvalue weighted by Gasteiger charge is -1.81.